The number of nitrogens with zero attached hydrogens (tertiary/aromatic N) is 1. The molecular weight excluding hydrogens is 230 g/mol. The van der Waals surface area contributed by atoms with E-state index in [2.05, 4.69) is 17.6 Å². The number of thioether (sulfide) groups is 1. The minimum atomic E-state index is 0.499. The Balaban J connectivity index is 1.89. The van der Waals surface area contributed by atoms with E-state index in [-0.39, 0.29) is 0 Å². The van der Waals surface area contributed by atoms with Gasteiger partial charge in [0.05, 0.1) is 0 Å². The summed E-state index contributed by atoms with van der Waals surface area (Å²) >= 11 is 8.15. The molecule has 0 bridgehead atoms. The van der Waals surface area contributed by atoms with E-state index in [1.54, 1.807) is 11.3 Å². The van der Waals surface area contributed by atoms with Gasteiger partial charge in [-0.2, -0.15) is 12.6 Å². The summed E-state index contributed by atoms with van der Waals surface area (Å²) in [5, 5.41) is 2.05. The first-order valence-corrected chi connectivity index (χ1v) is 7.48. The lowest BCUT2D eigenvalue weighted by atomic mass is 9.91. The molecular formula is C10H15NS3. The van der Waals surface area contributed by atoms with Gasteiger partial charge in [-0.15, -0.1) is 11.3 Å². The fourth-order valence-electron chi connectivity index (χ4n) is 1.97. The summed E-state index contributed by atoms with van der Waals surface area (Å²) in [5.41, 5.74) is 0.499. The van der Waals surface area contributed by atoms with Crippen LogP contribution in [0.5, 0.6) is 0 Å². The second kappa shape index (κ2) is 4.90. The van der Waals surface area contributed by atoms with Gasteiger partial charge in [0.15, 0.2) is 0 Å². The van der Waals surface area contributed by atoms with Crippen LogP contribution in [0.4, 0.5) is 0 Å². The number of aromatic nitrogens is 1. The van der Waals surface area contributed by atoms with E-state index >= 15 is 0 Å². The molecule has 1 aromatic rings. The molecule has 4 heteroatoms. The lowest BCUT2D eigenvalue weighted by Gasteiger charge is -2.25. The molecule has 0 amide bonds. The summed E-state index contributed by atoms with van der Waals surface area (Å²) in [4.78, 5) is 4.30. The Kier molecular flexibility index (Phi) is 3.79. The maximum Gasteiger partial charge on any atom is 0.149 e. The van der Waals surface area contributed by atoms with Crippen LogP contribution >= 0.6 is 35.7 Å². The molecule has 1 heterocycles. The number of thiol groups is 1. The van der Waals surface area contributed by atoms with Gasteiger partial charge in [0, 0.05) is 17.3 Å². The number of hydrogen-bond donors (Lipinski definition) is 1. The second-order valence-electron chi connectivity index (χ2n) is 3.95. The molecule has 1 fully saturated rings. The van der Waals surface area contributed by atoms with Crippen LogP contribution < -0.4 is 0 Å². The van der Waals surface area contributed by atoms with Gasteiger partial charge in [0.25, 0.3) is 0 Å². The maximum absolute atomic E-state index is 4.50. The molecule has 0 spiro atoms. The quantitative estimate of drug-likeness (QED) is 0.641. The Hall–Kier alpha value is 0.330. The predicted octanol–water partition coefficient (Wildman–Crippen LogP) is 3.73. The average molecular weight is 245 g/mol. The lowest BCUT2D eigenvalue weighted by molar-refractivity contribution is 0.403. The molecule has 78 valence electrons. The fraction of sp³-hybridized carbons (Fsp3) is 0.700. The number of thiazole rings is 1. The Morgan fingerprint density at radius 1 is 1.50 bits per heavy atom. The van der Waals surface area contributed by atoms with Crippen molar-refractivity contribution in [1.29, 1.82) is 0 Å². The SMILES string of the molecule is SCC1(CSc2nccs2)CCCC1. The largest absolute Gasteiger partial charge is 0.238 e. The molecule has 0 atom stereocenters. The van der Waals surface area contributed by atoms with Crippen molar-refractivity contribution in [3.05, 3.63) is 11.6 Å². The summed E-state index contributed by atoms with van der Waals surface area (Å²) in [5.74, 6) is 2.23. The Bertz CT molecular complexity index is 265. The van der Waals surface area contributed by atoms with Gasteiger partial charge >= 0.3 is 0 Å². The molecule has 1 saturated carbocycles. The van der Waals surface area contributed by atoms with E-state index in [0.29, 0.717) is 5.41 Å². The molecule has 0 aliphatic heterocycles. The van der Waals surface area contributed by atoms with Crippen LogP contribution in [0.25, 0.3) is 0 Å². The van der Waals surface area contributed by atoms with Gasteiger partial charge in [0.1, 0.15) is 4.34 Å². The second-order valence-corrected chi connectivity index (χ2v) is 6.39. The highest BCUT2D eigenvalue weighted by atomic mass is 32.2. The van der Waals surface area contributed by atoms with Gasteiger partial charge in [-0.25, -0.2) is 4.98 Å². The zero-order valence-corrected chi connectivity index (χ0v) is 10.6. The van der Waals surface area contributed by atoms with Crippen LogP contribution in [-0.4, -0.2) is 16.5 Å². The minimum absolute atomic E-state index is 0.499. The third-order valence-electron chi connectivity index (χ3n) is 2.91. The molecule has 0 unspecified atom stereocenters. The zero-order valence-electron chi connectivity index (χ0n) is 8.11. The van der Waals surface area contributed by atoms with Crippen molar-refractivity contribution in [2.45, 2.75) is 30.0 Å². The first kappa shape index (κ1) is 10.8. The third-order valence-corrected chi connectivity index (χ3v) is 5.90. The molecule has 0 saturated heterocycles. The Morgan fingerprint density at radius 3 is 2.86 bits per heavy atom. The summed E-state index contributed by atoms with van der Waals surface area (Å²) in [6, 6.07) is 0. The van der Waals surface area contributed by atoms with Gasteiger partial charge in [-0.3, -0.25) is 0 Å². The zero-order chi connectivity index (χ0) is 9.86. The van der Waals surface area contributed by atoms with Crippen LogP contribution in [0, 0.1) is 5.41 Å². The van der Waals surface area contributed by atoms with E-state index in [0.717, 1.165) is 5.75 Å². The van der Waals surface area contributed by atoms with E-state index < -0.39 is 0 Å². The first-order chi connectivity index (χ1) is 6.85. The standard InChI is InChI=1S/C10H15NS3/c12-7-10(3-1-2-4-10)8-14-9-11-5-6-13-9/h5-6,12H,1-4,7-8H2. The summed E-state index contributed by atoms with van der Waals surface area (Å²) in [6.07, 6.45) is 7.37. The van der Waals surface area contributed by atoms with Gasteiger partial charge in [-0.1, -0.05) is 24.6 Å². The normalized spacial score (nSPS) is 20.1. The first-order valence-electron chi connectivity index (χ1n) is 4.98. The number of rotatable bonds is 4. The molecule has 0 radical (unpaired) electrons. The predicted molar refractivity (Wildman–Crippen MR) is 67.6 cm³/mol. The maximum atomic E-state index is 4.50. The molecule has 1 aromatic heterocycles. The highest BCUT2D eigenvalue weighted by molar-refractivity contribution is 8.01. The van der Waals surface area contributed by atoms with Crippen LogP contribution in [0.2, 0.25) is 0 Å². The monoisotopic (exact) mass is 245 g/mol. The smallest absolute Gasteiger partial charge is 0.149 e. The van der Waals surface area contributed by atoms with Crippen LogP contribution in [0.15, 0.2) is 15.9 Å². The van der Waals surface area contributed by atoms with Crippen molar-refractivity contribution in [1.82, 2.24) is 4.98 Å². The van der Waals surface area contributed by atoms with Crippen molar-refractivity contribution in [2.24, 2.45) is 5.41 Å². The van der Waals surface area contributed by atoms with Crippen molar-refractivity contribution in [3.63, 3.8) is 0 Å². The molecule has 1 aliphatic rings. The lowest BCUT2D eigenvalue weighted by Crippen LogP contribution is -2.21. The van der Waals surface area contributed by atoms with Gasteiger partial charge in [0.2, 0.25) is 0 Å². The Labute approximate surface area is 99.1 Å². The number of hydrogen-bond acceptors (Lipinski definition) is 4. The molecule has 0 aromatic carbocycles. The topological polar surface area (TPSA) is 12.9 Å². The minimum Gasteiger partial charge on any atom is -0.238 e. The fourth-order valence-corrected chi connectivity index (χ4v) is 4.48. The van der Waals surface area contributed by atoms with Crippen molar-refractivity contribution >= 4 is 35.7 Å². The molecule has 14 heavy (non-hydrogen) atoms. The molecule has 2 rings (SSSR count). The van der Waals surface area contributed by atoms with Gasteiger partial charge in [-0.05, 0) is 24.0 Å². The van der Waals surface area contributed by atoms with Crippen molar-refractivity contribution in [3.8, 4) is 0 Å². The highest BCUT2D eigenvalue weighted by Gasteiger charge is 2.32. The summed E-state index contributed by atoms with van der Waals surface area (Å²) in [7, 11) is 0. The molecule has 0 N–H and O–H groups in total. The van der Waals surface area contributed by atoms with E-state index in [1.165, 1.54) is 35.8 Å². The van der Waals surface area contributed by atoms with E-state index in [1.807, 2.05) is 23.3 Å². The molecule has 1 nitrogen and oxygen atoms in total. The van der Waals surface area contributed by atoms with E-state index in [9.17, 15) is 0 Å². The van der Waals surface area contributed by atoms with Crippen molar-refractivity contribution in [2.75, 3.05) is 11.5 Å². The average Bonchev–Trinajstić information content (AvgIpc) is 2.87. The Morgan fingerprint density at radius 2 is 2.29 bits per heavy atom. The van der Waals surface area contributed by atoms with Gasteiger partial charge < -0.3 is 0 Å². The highest BCUT2D eigenvalue weighted by Crippen LogP contribution is 2.43. The van der Waals surface area contributed by atoms with E-state index in [4.69, 9.17) is 0 Å². The van der Waals surface area contributed by atoms with Crippen molar-refractivity contribution < 1.29 is 0 Å². The van der Waals surface area contributed by atoms with Crippen LogP contribution in [0.1, 0.15) is 25.7 Å². The summed E-state index contributed by atoms with van der Waals surface area (Å²) < 4.78 is 1.21. The van der Waals surface area contributed by atoms with Crippen LogP contribution in [-0.2, 0) is 0 Å². The summed E-state index contributed by atoms with van der Waals surface area (Å²) in [6.45, 7) is 0. The van der Waals surface area contributed by atoms with Crippen LogP contribution in [0.3, 0.4) is 0 Å². The third kappa shape index (κ3) is 2.47. The molecule has 1 aliphatic carbocycles.